The molecule has 0 heterocycles. The van der Waals surface area contributed by atoms with E-state index in [4.69, 9.17) is 0 Å². The summed E-state index contributed by atoms with van der Waals surface area (Å²) in [5.41, 5.74) is 2.82. The van der Waals surface area contributed by atoms with Gasteiger partial charge >= 0.3 is 0 Å². The highest BCUT2D eigenvalue weighted by Gasteiger charge is 2.08. The molecule has 0 amide bonds. The zero-order chi connectivity index (χ0) is 13.5. The van der Waals surface area contributed by atoms with Gasteiger partial charge in [0.05, 0.1) is 0 Å². The quantitative estimate of drug-likeness (QED) is 0.723. The van der Waals surface area contributed by atoms with Crippen LogP contribution in [0.5, 0.6) is 0 Å². The van der Waals surface area contributed by atoms with Crippen LogP contribution in [0.3, 0.4) is 0 Å². The molecule has 0 radical (unpaired) electrons. The molecule has 0 aliphatic rings. The van der Waals surface area contributed by atoms with E-state index in [-0.39, 0.29) is 0 Å². The Kier molecular flexibility index (Phi) is 6.42. The maximum Gasteiger partial charge on any atom is 0.0291 e. The van der Waals surface area contributed by atoms with Crippen LogP contribution in [0.4, 0.5) is 0 Å². The van der Waals surface area contributed by atoms with Crippen LogP contribution in [0.15, 0.2) is 24.3 Å². The summed E-state index contributed by atoms with van der Waals surface area (Å²) in [6, 6.07) is 9.50. The number of benzene rings is 1. The van der Waals surface area contributed by atoms with Crippen LogP contribution in [-0.4, -0.2) is 6.54 Å². The Hall–Kier alpha value is -0.820. The summed E-state index contributed by atoms with van der Waals surface area (Å²) in [4.78, 5) is 0. The highest BCUT2D eigenvalue weighted by Crippen LogP contribution is 2.19. The normalized spacial score (nSPS) is 13.3. The summed E-state index contributed by atoms with van der Waals surface area (Å²) in [7, 11) is 0. The molecule has 0 spiro atoms. The van der Waals surface area contributed by atoms with Gasteiger partial charge in [-0.05, 0) is 36.4 Å². The summed E-state index contributed by atoms with van der Waals surface area (Å²) in [6.07, 6.45) is 2.53. The Morgan fingerprint density at radius 2 is 1.39 bits per heavy atom. The monoisotopic (exact) mass is 247 g/mol. The number of rotatable bonds is 7. The van der Waals surface area contributed by atoms with E-state index in [0.717, 1.165) is 12.5 Å². The second-order valence-corrected chi connectivity index (χ2v) is 5.63. The van der Waals surface area contributed by atoms with E-state index in [1.165, 1.54) is 24.0 Å². The Balaban J connectivity index is 2.53. The Morgan fingerprint density at radius 3 is 1.83 bits per heavy atom. The van der Waals surface area contributed by atoms with Crippen molar-refractivity contribution in [3.63, 3.8) is 0 Å². The number of hydrogen-bond acceptors (Lipinski definition) is 1. The van der Waals surface area contributed by atoms with Crippen LogP contribution in [0.1, 0.15) is 70.5 Å². The number of hydrogen-bond donors (Lipinski definition) is 1. The Morgan fingerprint density at radius 1 is 0.889 bits per heavy atom. The SMILES string of the molecule is CCC(CC)CNC(C)c1ccc(C(C)C)cc1. The third-order valence-electron chi connectivity index (χ3n) is 3.97. The first-order valence-corrected chi connectivity index (χ1v) is 7.41. The lowest BCUT2D eigenvalue weighted by atomic mass is 9.99. The van der Waals surface area contributed by atoms with Crippen molar-refractivity contribution in [2.75, 3.05) is 6.54 Å². The van der Waals surface area contributed by atoms with E-state index in [0.29, 0.717) is 12.0 Å². The molecule has 0 aliphatic carbocycles. The maximum absolute atomic E-state index is 3.65. The minimum Gasteiger partial charge on any atom is -0.310 e. The smallest absolute Gasteiger partial charge is 0.0291 e. The van der Waals surface area contributed by atoms with E-state index < -0.39 is 0 Å². The van der Waals surface area contributed by atoms with Gasteiger partial charge in [0.25, 0.3) is 0 Å². The third kappa shape index (κ3) is 4.45. The average Bonchev–Trinajstić information content (AvgIpc) is 2.39. The fourth-order valence-corrected chi connectivity index (χ4v) is 2.21. The van der Waals surface area contributed by atoms with Gasteiger partial charge in [0, 0.05) is 6.04 Å². The van der Waals surface area contributed by atoms with Crippen molar-refractivity contribution >= 4 is 0 Å². The summed E-state index contributed by atoms with van der Waals surface area (Å²) in [6.45, 7) is 12.4. The molecule has 0 aromatic heterocycles. The van der Waals surface area contributed by atoms with Gasteiger partial charge in [-0.15, -0.1) is 0 Å². The average molecular weight is 247 g/mol. The fourth-order valence-electron chi connectivity index (χ4n) is 2.21. The van der Waals surface area contributed by atoms with E-state index in [1.54, 1.807) is 0 Å². The van der Waals surface area contributed by atoms with Gasteiger partial charge in [0.2, 0.25) is 0 Å². The molecule has 0 bridgehead atoms. The van der Waals surface area contributed by atoms with Gasteiger partial charge < -0.3 is 5.32 Å². The molecule has 1 rings (SSSR count). The zero-order valence-electron chi connectivity index (χ0n) is 12.7. The van der Waals surface area contributed by atoms with Gasteiger partial charge in [-0.2, -0.15) is 0 Å². The topological polar surface area (TPSA) is 12.0 Å². The van der Waals surface area contributed by atoms with Crippen LogP contribution in [0.2, 0.25) is 0 Å². The molecule has 102 valence electrons. The van der Waals surface area contributed by atoms with Crippen molar-refractivity contribution in [1.82, 2.24) is 5.32 Å². The first kappa shape index (κ1) is 15.2. The summed E-state index contributed by atoms with van der Waals surface area (Å²) in [5.74, 6) is 1.43. The molecule has 1 heteroatoms. The maximum atomic E-state index is 3.65. The standard InChI is InChI=1S/C17H29N/c1-6-15(7-2)12-18-14(5)17-10-8-16(9-11-17)13(3)4/h8-11,13-15,18H,6-7,12H2,1-5H3. The van der Waals surface area contributed by atoms with Crippen LogP contribution in [0, 0.1) is 5.92 Å². The lowest BCUT2D eigenvalue weighted by Gasteiger charge is -2.19. The predicted octanol–water partition coefficient (Wildman–Crippen LogP) is 4.90. The van der Waals surface area contributed by atoms with Gasteiger partial charge in [-0.1, -0.05) is 64.8 Å². The number of nitrogens with one attached hydrogen (secondary N) is 1. The second-order valence-electron chi connectivity index (χ2n) is 5.63. The molecule has 1 aromatic rings. The predicted molar refractivity (Wildman–Crippen MR) is 81.0 cm³/mol. The fraction of sp³-hybridized carbons (Fsp3) is 0.647. The van der Waals surface area contributed by atoms with Crippen molar-refractivity contribution in [1.29, 1.82) is 0 Å². The molecule has 18 heavy (non-hydrogen) atoms. The molecule has 1 N–H and O–H groups in total. The molecule has 1 unspecified atom stereocenters. The van der Waals surface area contributed by atoms with E-state index in [9.17, 15) is 0 Å². The van der Waals surface area contributed by atoms with E-state index in [1.807, 2.05) is 0 Å². The molecule has 0 saturated heterocycles. The highest BCUT2D eigenvalue weighted by molar-refractivity contribution is 5.26. The highest BCUT2D eigenvalue weighted by atomic mass is 14.9. The van der Waals surface area contributed by atoms with Crippen LogP contribution in [0.25, 0.3) is 0 Å². The van der Waals surface area contributed by atoms with Crippen molar-refractivity contribution in [2.45, 2.75) is 59.4 Å². The van der Waals surface area contributed by atoms with Gasteiger partial charge in [-0.3, -0.25) is 0 Å². The molecule has 1 nitrogen and oxygen atoms in total. The van der Waals surface area contributed by atoms with Crippen LogP contribution < -0.4 is 5.32 Å². The first-order valence-electron chi connectivity index (χ1n) is 7.41. The zero-order valence-corrected chi connectivity index (χ0v) is 12.7. The van der Waals surface area contributed by atoms with Crippen LogP contribution in [-0.2, 0) is 0 Å². The Labute approximate surface area is 113 Å². The molecule has 0 fully saturated rings. The van der Waals surface area contributed by atoms with Gasteiger partial charge in [0.1, 0.15) is 0 Å². The first-order chi connectivity index (χ1) is 8.58. The molecule has 1 aromatic carbocycles. The minimum atomic E-state index is 0.451. The largest absolute Gasteiger partial charge is 0.310 e. The molecular weight excluding hydrogens is 218 g/mol. The summed E-state index contributed by atoms with van der Waals surface area (Å²) in [5, 5.41) is 3.65. The van der Waals surface area contributed by atoms with Crippen molar-refractivity contribution in [3.05, 3.63) is 35.4 Å². The minimum absolute atomic E-state index is 0.451. The van der Waals surface area contributed by atoms with E-state index >= 15 is 0 Å². The summed E-state index contributed by atoms with van der Waals surface area (Å²) >= 11 is 0. The van der Waals surface area contributed by atoms with Gasteiger partial charge in [0.15, 0.2) is 0 Å². The van der Waals surface area contributed by atoms with Crippen molar-refractivity contribution in [2.24, 2.45) is 5.92 Å². The molecular formula is C17H29N. The second kappa shape index (κ2) is 7.58. The molecule has 0 aliphatic heterocycles. The van der Waals surface area contributed by atoms with Crippen LogP contribution >= 0.6 is 0 Å². The molecule has 1 atom stereocenters. The van der Waals surface area contributed by atoms with E-state index in [2.05, 4.69) is 64.2 Å². The van der Waals surface area contributed by atoms with Crippen molar-refractivity contribution < 1.29 is 0 Å². The van der Waals surface area contributed by atoms with Crippen molar-refractivity contribution in [3.8, 4) is 0 Å². The molecule has 0 saturated carbocycles. The lowest BCUT2D eigenvalue weighted by Crippen LogP contribution is -2.25. The van der Waals surface area contributed by atoms with Gasteiger partial charge in [-0.25, -0.2) is 0 Å². The summed E-state index contributed by atoms with van der Waals surface area (Å²) < 4.78 is 0. The lowest BCUT2D eigenvalue weighted by molar-refractivity contribution is 0.422. The third-order valence-corrected chi connectivity index (χ3v) is 3.97. The Bertz CT molecular complexity index is 322.